The SMILES string of the molecule is O=C(NC1(c2nn[nH]n2)CCOC1)c1ccc(C2(C(F)(F)F)N=N2)cc1. The van der Waals surface area contributed by atoms with Gasteiger partial charge in [-0.05, 0) is 12.1 Å². The topological polar surface area (TPSA) is 118 Å². The van der Waals surface area contributed by atoms with Gasteiger partial charge in [0, 0.05) is 24.2 Å². The van der Waals surface area contributed by atoms with Crippen molar-refractivity contribution >= 4 is 5.91 Å². The van der Waals surface area contributed by atoms with E-state index in [1.165, 1.54) is 24.3 Å². The maximum Gasteiger partial charge on any atom is 0.442 e. The molecule has 2 aromatic rings. The third-order valence-electron chi connectivity index (χ3n) is 4.39. The summed E-state index contributed by atoms with van der Waals surface area (Å²) >= 11 is 0. The van der Waals surface area contributed by atoms with Gasteiger partial charge in [0.15, 0.2) is 0 Å². The number of ether oxygens (including phenoxy) is 1. The fourth-order valence-corrected chi connectivity index (χ4v) is 2.85. The van der Waals surface area contributed by atoms with Gasteiger partial charge in [-0.2, -0.15) is 18.4 Å². The first-order valence-electron chi connectivity index (χ1n) is 7.62. The zero-order valence-corrected chi connectivity index (χ0v) is 13.1. The lowest BCUT2D eigenvalue weighted by Crippen LogP contribution is -2.47. The molecule has 3 heterocycles. The highest BCUT2D eigenvalue weighted by Gasteiger charge is 2.65. The molecule has 2 N–H and O–H groups in total. The lowest BCUT2D eigenvalue weighted by molar-refractivity contribution is -0.166. The second-order valence-electron chi connectivity index (χ2n) is 6.02. The molecular weight excluding hydrogens is 355 g/mol. The van der Waals surface area contributed by atoms with E-state index in [0.29, 0.717) is 13.0 Å². The number of hydrogen-bond donors (Lipinski definition) is 2. The molecule has 12 heteroatoms. The molecular formula is C14H12F3N7O2. The van der Waals surface area contributed by atoms with Crippen LogP contribution in [0.15, 0.2) is 34.5 Å². The first kappa shape index (κ1) is 16.6. The molecule has 0 bridgehead atoms. The van der Waals surface area contributed by atoms with Gasteiger partial charge in [-0.1, -0.05) is 17.3 Å². The van der Waals surface area contributed by atoms with Crippen LogP contribution in [0.1, 0.15) is 28.2 Å². The van der Waals surface area contributed by atoms with Gasteiger partial charge in [-0.15, -0.1) is 20.4 Å². The van der Waals surface area contributed by atoms with E-state index in [0.717, 1.165) is 0 Å². The molecule has 0 radical (unpaired) electrons. The fourth-order valence-electron chi connectivity index (χ4n) is 2.85. The van der Waals surface area contributed by atoms with Crippen LogP contribution < -0.4 is 5.32 Å². The molecule has 1 unspecified atom stereocenters. The Morgan fingerprint density at radius 2 is 1.96 bits per heavy atom. The number of aromatic nitrogens is 4. The summed E-state index contributed by atoms with van der Waals surface area (Å²) < 4.78 is 44.4. The molecule has 1 fully saturated rings. The number of carbonyl (C=O) groups excluding carboxylic acids is 1. The molecule has 136 valence electrons. The third-order valence-corrected chi connectivity index (χ3v) is 4.39. The first-order valence-corrected chi connectivity index (χ1v) is 7.62. The number of benzene rings is 1. The summed E-state index contributed by atoms with van der Waals surface area (Å²) in [4.78, 5) is 12.6. The highest BCUT2D eigenvalue weighted by atomic mass is 19.4. The van der Waals surface area contributed by atoms with Gasteiger partial charge < -0.3 is 10.1 Å². The summed E-state index contributed by atoms with van der Waals surface area (Å²) in [5, 5.41) is 22.7. The van der Waals surface area contributed by atoms with E-state index in [9.17, 15) is 18.0 Å². The highest BCUT2D eigenvalue weighted by molar-refractivity contribution is 5.94. The summed E-state index contributed by atoms with van der Waals surface area (Å²) in [5.74, 6) is -0.204. The van der Waals surface area contributed by atoms with Gasteiger partial charge in [0.2, 0.25) is 5.82 Å². The third kappa shape index (κ3) is 2.53. The molecule has 9 nitrogen and oxygen atoms in total. The summed E-state index contributed by atoms with van der Waals surface area (Å²) in [7, 11) is 0. The van der Waals surface area contributed by atoms with Crippen LogP contribution in [0.4, 0.5) is 13.2 Å². The molecule has 1 atom stereocenters. The van der Waals surface area contributed by atoms with Crippen molar-refractivity contribution < 1.29 is 22.7 Å². The first-order chi connectivity index (χ1) is 12.4. The number of H-pyrrole nitrogens is 1. The Bertz CT molecular complexity index is 836. The standard InChI is InChI=1S/C14H12F3N7O2/c15-14(16,17)13(21-22-13)9-3-1-8(2-4-9)10(25)18-12(5-6-26-7-12)11-19-23-24-20-11/h1-4H,5-7H2,(H,18,25)(H,19,20,23,24). The van der Waals surface area contributed by atoms with E-state index in [2.05, 4.69) is 36.2 Å². The number of tetrazole rings is 1. The number of alkyl halides is 3. The second-order valence-corrected chi connectivity index (χ2v) is 6.02. The average molecular weight is 367 g/mol. The molecule has 26 heavy (non-hydrogen) atoms. The lowest BCUT2D eigenvalue weighted by atomic mass is 9.96. The Morgan fingerprint density at radius 1 is 1.23 bits per heavy atom. The van der Waals surface area contributed by atoms with Gasteiger partial charge in [0.1, 0.15) is 5.54 Å². The zero-order valence-electron chi connectivity index (χ0n) is 13.1. The van der Waals surface area contributed by atoms with E-state index >= 15 is 0 Å². The molecule has 0 saturated carbocycles. The van der Waals surface area contributed by atoms with Crippen molar-refractivity contribution in [1.29, 1.82) is 0 Å². The van der Waals surface area contributed by atoms with Crippen molar-refractivity contribution in [3.05, 3.63) is 41.2 Å². The monoisotopic (exact) mass is 367 g/mol. The van der Waals surface area contributed by atoms with Crippen molar-refractivity contribution in [1.82, 2.24) is 25.9 Å². The molecule has 2 aliphatic rings. The maximum atomic E-state index is 13.0. The molecule has 0 spiro atoms. The molecule has 0 aliphatic carbocycles. The molecule has 2 aliphatic heterocycles. The van der Waals surface area contributed by atoms with E-state index < -0.39 is 23.3 Å². The quantitative estimate of drug-likeness (QED) is 0.848. The van der Waals surface area contributed by atoms with Crippen molar-refractivity contribution in [3.8, 4) is 0 Å². The van der Waals surface area contributed by atoms with Crippen molar-refractivity contribution in [2.24, 2.45) is 10.2 Å². The number of nitrogens with one attached hydrogen (secondary N) is 2. The Hall–Kier alpha value is -2.89. The van der Waals surface area contributed by atoms with Crippen molar-refractivity contribution in [3.63, 3.8) is 0 Å². The maximum absolute atomic E-state index is 13.0. The number of aromatic amines is 1. The van der Waals surface area contributed by atoms with Crippen LogP contribution in [0.25, 0.3) is 0 Å². The summed E-state index contributed by atoms with van der Waals surface area (Å²) in [6, 6.07) is 4.96. The minimum Gasteiger partial charge on any atom is -0.378 e. The minimum atomic E-state index is -4.61. The predicted molar refractivity (Wildman–Crippen MR) is 77.8 cm³/mol. The van der Waals surface area contributed by atoms with Gasteiger partial charge >= 0.3 is 11.8 Å². The smallest absolute Gasteiger partial charge is 0.378 e. The van der Waals surface area contributed by atoms with Crippen LogP contribution in [0, 0.1) is 0 Å². The number of halogens is 3. The highest BCUT2D eigenvalue weighted by Crippen LogP contribution is 2.52. The molecule has 1 amide bonds. The summed E-state index contributed by atoms with van der Waals surface area (Å²) in [6.07, 6.45) is -4.16. The summed E-state index contributed by atoms with van der Waals surface area (Å²) in [6.45, 7) is 0.580. The number of rotatable bonds is 4. The van der Waals surface area contributed by atoms with Crippen LogP contribution in [-0.2, 0) is 15.9 Å². The molecule has 1 aromatic carbocycles. The van der Waals surface area contributed by atoms with Crippen molar-refractivity contribution in [2.45, 2.75) is 23.8 Å². The van der Waals surface area contributed by atoms with E-state index in [1.54, 1.807) is 0 Å². The Labute approximate surface area is 144 Å². The van der Waals surface area contributed by atoms with E-state index in [-0.39, 0.29) is 23.6 Å². The number of carbonyl (C=O) groups is 1. The van der Waals surface area contributed by atoms with Crippen LogP contribution in [0.5, 0.6) is 0 Å². The van der Waals surface area contributed by atoms with Crippen LogP contribution >= 0.6 is 0 Å². The molecule has 1 aromatic heterocycles. The number of amides is 1. The Kier molecular flexibility index (Phi) is 3.54. The van der Waals surface area contributed by atoms with Gasteiger partial charge in [0.25, 0.3) is 5.91 Å². The fraction of sp³-hybridized carbons (Fsp3) is 0.429. The molecule has 1 saturated heterocycles. The van der Waals surface area contributed by atoms with Gasteiger partial charge in [-0.25, -0.2) is 0 Å². The lowest BCUT2D eigenvalue weighted by Gasteiger charge is -2.25. The largest absolute Gasteiger partial charge is 0.442 e. The normalized spacial score (nSPS) is 23.8. The Morgan fingerprint density at radius 3 is 2.46 bits per heavy atom. The predicted octanol–water partition coefficient (Wildman–Crippen LogP) is 1.43. The number of nitrogens with zero attached hydrogens (tertiary/aromatic N) is 5. The van der Waals surface area contributed by atoms with Crippen LogP contribution in [-0.4, -0.2) is 45.9 Å². The van der Waals surface area contributed by atoms with Gasteiger partial charge in [-0.3, -0.25) is 4.79 Å². The van der Waals surface area contributed by atoms with Crippen LogP contribution in [0.3, 0.4) is 0 Å². The number of hydrogen-bond acceptors (Lipinski definition) is 7. The Balaban J connectivity index is 1.54. The minimum absolute atomic E-state index is 0.140. The second kappa shape index (κ2) is 5.56. The summed E-state index contributed by atoms with van der Waals surface area (Å²) in [5.41, 5.74) is -3.40. The van der Waals surface area contributed by atoms with Crippen LogP contribution in [0.2, 0.25) is 0 Å². The van der Waals surface area contributed by atoms with E-state index in [4.69, 9.17) is 4.74 Å². The zero-order chi connectivity index (χ0) is 18.4. The molecule has 4 rings (SSSR count). The van der Waals surface area contributed by atoms with Gasteiger partial charge in [0.05, 0.1) is 6.61 Å². The van der Waals surface area contributed by atoms with Crippen molar-refractivity contribution in [2.75, 3.05) is 13.2 Å². The average Bonchev–Trinajstić information content (AvgIpc) is 3.04. The van der Waals surface area contributed by atoms with E-state index in [1.807, 2.05) is 0 Å².